The van der Waals surface area contributed by atoms with E-state index in [-0.39, 0.29) is 30.4 Å². The van der Waals surface area contributed by atoms with E-state index in [0.29, 0.717) is 23.7 Å². The molecule has 2 amide bonds. The highest BCUT2D eigenvalue weighted by Gasteiger charge is 2.47. The van der Waals surface area contributed by atoms with Crippen LogP contribution in [0.25, 0.3) is 0 Å². The smallest absolute Gasteiger partial charge is 0.263 e. The minimum absolute atomic E-state index is 0.0277. The van der Waals surface area contributed by atoms with E-state index in [1.165, 1.54) is 16.2 Å². The molecule has 0 spiro atoms. The van der Waals surface area contributed by atoms with Gasteiger partial charge < -0.3 is 15.1 Å². The number of tetrazole rings is 1. The monoisotopic (exact) mass is 538 g/mol. The molecular weight excluding hydrogens is 508 g/mol. The number of nitrogens with one attached hydrogen (secondary N) is 2. The maximum absolute atomic E-state index is 12.9. The number of carbonyl (C=O) groups is 2. The molecule has 194 valence electrons. The molecule has 1 aliphatic carbocycles. The van der Waals surface area contributed by atoms with Gasteiger partial charge in [0, 0.05) is 36.4 Å². The number of hydrogen-bond donors (Lipinski definition) is 2. The quantitative estimate of drug-likeness (QED) is 0.472. The summed E-state index contributed by atoms with van der Waals surface area (Å²) in [5.74, 6) is 0.474. The van der Waals surface area contributed by atoms with Gasteiger partial charge in [-0.25, -0.2) is 0 Å². The zero-order valence-corrected chi connectivity index (χ0v) is 22.8. The summed E-state index contributed by atoms with van der Waals surface area (Å²) >= 11 is 3.22. The van der Waals surface area contributed by atoms with Crippen LogP contribution < -0.4 is 5.32 Å². The summed E-state index contributed by atoms with van der Waals surface area (Å²) in [5, 5.41) is 30.4. The minimum atomic E-state index is -0.720. The largest absolute Gasteiger partial charge is 0.344 e. The molecule has 3 aromatic heterocycles. The molecule has 3 atom stereocenters. The molecule has 10 nitrogen and oxygen atoms in total. The molecule has 4 heterocycles. The molecular formula is C25H30N8O2S2. The topological polar surface area (TPSA) is 131 Å². The summed E-state index contributed by atoms with van der Waals surface area (Å²) < 4.78 is 0. The first kappa shape index (κ1) is 25.5. The summed E-state index contributed by atoms with van der Waals surface area (Å²) in [6, 6.07) is 5.96. The molecule has 37 heavy (non-hydrogen) atoms. The van der Waals surface area contributed by atoms with Crippen LogP contribution in [0.4, 0.5) is 0 Å². The van der Waals surface area contributed by atoms with Crippen molar-refractivity contribution in [2.24, 2.45) is 0 Å². The Hall–Kier alpha value is -3.14. The van der Waals surface area contributed by atoms with Crippen molar-refractivity contribution in [2.75, 3.05) is 27.2 Å². The predicted molar refractivity (Wildman–Crippen MR) is 141 cm³/mol. The zero-order valence-electron chi connectivity index (χ0n) is 21.2. The SMILES string of the molecule is C[C@H](CC1(c2nn[nH]n2)c2ccsc2CCc2cc(C(=O)N(C)C)sc21)NCC(=O)N1CCCC1C#N. The Bertz CT molecular complexity index is 1320. The van der Waals surface area contributed by atoms with Crippen LogP contribution in [0.15, 0.2) is 17.5 Å². The van der Waals surface area contributed by atoms with Gasteiger partial charge in [0.25, 0.3) is 5.91 Å². The first-order valence-corrected chi connectivity index (χ1v) is 14.1. The molecule has 1 fully saturated rings. The Morgan fingerprint density at radius 3 is 2.97 bits per heavy atom. The number of aromatic nitrogens is 4. The zero-order chi connectivity index (χ0) is 26.2. The van der Waals surface area contributed by atoms with E-state index < -0.39 is 5.41 Å². The fourth-order valence-corrected chi connectivity index (χ4v) is 7.94. The number of likely N-dealkylation sites (tertiary alicyclic amines) is 1. The van der Waals surface area contributed by atoms with Crippen molar-refractivity contribution in [3.63, 3.8) is 0 Å². The van der Waals surface area contributed by atoms with E-state index in [0.717, 1.165) is 41.7 Å². The van der Waals surface area contributed by atoms with Gasteiger partial charge in [0.05, 0.1) is 22.9 Å². The number of nitriles is 1. The first-order chi connectivity index (χ1) is 17.8. The van der Waals surface area contributed by atoms with Gasteiger partial charge in [0.2, 0.25) is 5.91 Å². The Morgan fingerprint density at radius 2 is 2.24 bits per heavy atom. The van der Waals surface area contributed by atoms with Crippen molar-refractivity contribution in [3.8, 4) is 6.07 Å². The molecule has 5 rings (SSSR count). The summed E-state index contributed by atoms with van der Waals surface area (Å²) in [4.78, 5) is 32.1. The number of fused-ring (bicyclic) bond motifs is 2. The van der Waals surface area contributed by atoms with E-state index in [2.05, 4.69) is 50.4 Å². The number of amides is 2. The number of H-pyrrole nitrogens is 1. The predicted octanol–water partition coefficient (Wildman–Crippen LogP) is 2.34. The minimum Gasteiger partial charge on any atom is -0.344 e. The molecule has 2 N–H and O–H groups in total. The lowest BCUT2D eigenvalue weighted by Gasteiger charge is -2.33. The van der Waals surface area contributed by atoms with Crippen molar-refractivity contribution in [1.29, 1.82) is 5.26 Å². The normalized spacial score (nSPS) is 21.6. The average Bonchev–Trinajstić information content (AvgIpc) is 3.70. The Morgan fingerprint density at radius 1 is 1.41 bits per heavy atom. The van der Waals surface area contributed by atoms with Gasteiger partial charge in [-0.3, -0.25) is 9.59 Å². The van der Waals surface area contributed by atoms with Crippen LogP contribution in [0.3, 0.4) is 0 Å². The van der Waals surface area contributed by atoms with Gasteiger partial charge >= 0.3 is 0 Å². The third-order valence-electron chi connectivity index (χ3n) is 7.30. The summed E-state index contributed by atoms with van der Waals surface area (Å²) in [6.07, 6.45) is 3.86. The fourth-order valence-electron chi connectivity index (χ4n) is 5.54. The molecule has 2 unspecified atom stereocenters. The van der Waals surface area contributed by atoms with Gasteiger partial charge in [-0.1, -0.05) is 5.21 Å². The lowest BCUT2D eigenvalue weighted by atomic mass is 9.73. The number of hydrogen-bond acceptors (Lipinski definition) is 9. The van der Waals surface area contributed by atoms with Crippen molar-refractivity contribution < 1.29 is 9.59 Å². The van der Waals surface area contributed by atoms with E-state index in [4.69, 9.17) is 0 Å². The van der Waals surface area contributed by atoms with Gasteiger partial charge in [0.15, 0.2) is 5.82 Å². The van der Waals surface area contributed by atoms with Crippen molar-refractivity contribution in [2.45, 2.75) is 56.5 Å². The lowest BCUT2D eigenvalue weighted by molar-refractivity contribution is -0.130. The number of aryl methyl sites for hydroxylation is 2. The van der Waals surface area contributed by atoms with Crippen LogP contribution in [-0.4, -0.2) is 81.5 Å². The third kappa shape index (κ3) is 4.56. The highest BCUT2D eigenvalue weighted by molar-refractivity contribution is 7.14. The van der Waals surface area contributed by atoms with E-state index in [1.807, 2.05) is 6.07 Å². The molecule has 12 heteroatoms. The number of thiophene rings is 2. The molecule has 2 aliphatic rings. The molecule has 0 radical (unpaired) electrons. The van der Waals surface area contributed by atoms with Crippen LogP contribution in [0, 0.1) is 11.3 Å². The van der Waals surface area contributed by atoms with Crippen molar-refractivity contribution in [1.82, 2.24) is 35.7 Å². The molecule has 3 aromatic rings. The second-order valence-electron chi connectivity index (χ2n) is 9.92. The van der Waals surface area contributed by atoms with E-state index >= 15 is 0 Å². The number of carbonyl (C=O) groups excluding carboxylic acids is 2. The van der Waals surface area contributed by atoms with Crippen molar-refractivity contribution in [3.05, 3.63) is 49.1 Å². The van der Waals surface area contributed by atoms with Crippen molar-refractivity contribution >= 4 is 34.5 Å². The lowest BCUT2D eigenvalue weighted by Crippen LogP contribution is -2.45. The standard InChI is InChI=1S/C25H30N8O2S2/c1-15(27-14-21(34)33-9-4-5-17(33)13-26)12-25(24-28-30-31-29-24)18-8-10-36-19(18)7-6-16-11-20(37-22(16)25)23(35)32(2)3/h8,10-11,15,17,27H,4-7,9,12,14H2,1-3H3,(H,28,29,30,31)/t15-,17?,25?/m1/s1. The number of aromatic amines is 1. The van der Waals surface area contributed by atoms with E-state index in [1.54, 1.807) is 35.2 Å². The van der Waals surface area contributed by atoms with Gasteiger partial charge in [-0.2, -0.15) is 10.5 Å². The van der Waals surface area contributed by atoms with E-state index in [9.17, 15) is 14.9 Å². The van der Waals surface area contributed by atoms with Gasteiger partial charge in [-0.05, 0) is 67.7 Å². The third-order valence-corrected chi connectivity index (χ3v) is 9.61. The highest BCUT2D eigenvalue weighted by atomic mass is 32.1. The Balaban J connectivity index is 1.51. The van der Waals surface area contributed by atoms with Gasteiger partial charge in [0.1, 0.15) is 6.04 Å². The van der Waals surface area contributed by atoms with Crippen LogP contribution in [0.1, 0.15) is 62.6 Å². The average molecular weight is 539 g/mol. The maximum Gasteiger partial charge on any atom is 0.263 e. The summed E-state index contributed by atoms with van der Waals surface area (Å²) in [7, 11) is 3.52. The molecule has 1 saturated heterocycles. The fraction of sp³-hybridized carbons (Fsp3) is 0.520. The van der Waals surface area contributed by atoms with Crippen LogP contribution in [0.2, 0.25) is 0 Å². The number of rotatable bonds is 7. The van der Waals surface area contributed by atoms with Crippen LogP contribution in [0.5, 0.6) is 0 Å². The second kappa shape index (κ2) is 10.3. The Kier molecular flexibility index (Phi) is 7.11. The van der Waals surface area contributed by atoms with Crippen LogP contribution >= 0.6 is 22.7 Å². The molecule has 0 saturated carbocycles. The number of nitrogens with zero attached hydrogens (tertiary/aromatic N) is 6. The van der Waals surface area contributed by atoms with Crippen LogP contribution in [-0.2, 0) is 23.1 Å². The second-order valence-corrected chi connectivity index (χ2v) is 12.0. The highest BCUT2D eigenvalue weighted by Crippen LogP contribution is 2.50. The molecule has 1 aliphatic heterocycles. The van der Waals surface area contributed by atoms with Gasteiger partial charge in [-0.15, -0.1) is 32.9 Å². The Labute approximate surface area is 223 Å². The maximum atomic E-state index is 12.9. The first-order valence-electron chi connectivity index (χ1n) is 12.4. The summed E-state index contributed by atoms with van der Waals surface area (Å²) in [5.41, 5.74) is 1.54. The molecule has 0 aromatic carbocycles. The molecule has 0 bridgehead atoms. The summed E-state index contributed by atoms with van der Waals surface area (Å²) in [6.45, 7) is 2.83.